The van der Waals surface area contributed by atoms with Crippen molar-refractivity contribution in [1.82, 2.24) is 0 Å². The molecule has 0 N–H and O–H groups in total. The van der Waals surface area contributed by atoms with Crippen LogP contribution in [0, 0.1) is 0 Å². The lowest BCUT2D eigenvalue weighted by Crippen LogP contribution is -2.17. The van der Waals surface area contributed by atoms with Gasteiger partial charge in [0.1, 0.15) is 0 Å². The van der Waals surface area contributed by atoms with E-state index in [1.807, 2.05) is 22.7 Å². The van der Waals surface area contributed by atoms with Crippen molar-refractivity contribution in [2.45, 2.75) is 52.4 Å². The summed E-state index contributed by atoms with van der Waals surface area (Å²) in [5.41, 5.74) is 14.1. The maximum Gasteiger partial charge on any atom is 0.0543 e. The molecular weight excluding hydrogens is 957 g/mol. The van der Waals surface area contributed by atoms with Crippen LogP contribution in [-0.2, 0) is 10.8 Å². The summed E-state index contributed by atoms with van der Waals surface area (Å²) in [5, 5.41) is 12.9. The van der Waals surface area contributed by atoms with E-state index in [4.69, 9.17) is 0 Å². The summed E-state index contributed by atoms with van der Waals surface area (Å²) < 4.78 is 5.30. The Hall–Kier alpha value is -8.28. The number of benzene rings is 12. The molecule has 2 heterocycles. The third-order valence-corrected chi connectivity index (χ3v) is 18.1. The fraction of sp³-hybridized carbons (Fsp3) is 0.111. The van der Waals surface area contributed by atoms with Crippen LogP contribution in [0.4, 0.5) is 34.1 Å². The molecule has 14 rings (SSSR count). The van der Waals surface area contributed by atoms with Crippen molar-refractivity contribution in [3.63, 3.8) is 0 Å². The van der Waals surface area contributed by atoms with Gasteiger partial charge < -0.3 is 9.80 Å². The molecule has 0 aliphatic heterocycles. The minimum Gasteiger partial charge on any atom is -0.310 e. The molecule has 0 unspecified atom stereocenters. The summed E-state index contributed by atoms with van der Waals surface area (Å²) in [5.74, 6) is 0. The maximum atomic E-state index is 2.49. The second-order valence-corrected chi connectivity index (χ2v) is 24.6. The second kappa shape index (κ2) is 17.7. The van der Waals surface area contributed by atoms with Crippen molar-refractivity contribution >= 4 is 129 Å². The van der Waals surface area contributed by atoms with Crippen molar-refractivity contribution in [1.29, 1.82) is 0 Å². The zero-order chi connectivity index (χ0) is 51.5. The molecule has 14 aromatic rings. The van der Waals surface area contributed by atoms with Gasteiger partial charge in [0, 0.05) is 73.9 Å². The van der Waals surface area contributed by atoms with Gasteiger partial charge in [-0.25, -0.2) is 0 Å². The van der Waals surface area contributed by atoms with Crippen LogP contribution in [0.5, 0.6) is 0 Å². The summed E-state index contributed by atoms with van der Waals surface area (Å²) in [7, 11) is 0. The predicted molar refractivity (Wildman–Crippen MR) is 334 cm³/mol. The number of thiophene rings is 2. The Balaban J connectivity index is 0.983. The van der Waals surface area contributed by atoms with Crippen LogP contribution < -0.4 is 9.80 Å². The first-order chi connectivity index (χ1) is 37.0. The van der Waals surface area contributed by atoms with Gasteiger partial charge in [0.25, 0.3) is 0 Å². The number of fused-ring (bicyclic) bond motifs is 6. The predicted octanol–water partition coefficient (Wildman–Crippen LogP) is 22.2. The van der Waals surface area contributed by atoms with E-state index in [-0.39, 0.29) is 10.8 Å². The summed E-state index contributed by atoms with van der Waals surface area (Å²) in [4.78, 5) is 4.99. The summed E-state index contributed by atoms with van der Waals surface area (Å²) in [6, 6.07) is 86.2. The van der Waals surface area contributed by atoms with Crippen LogP contribution >= 0.6 is 22.7 Å². The van der Waals surface area contributed by atoms with Gasteiger partial charge in [-0.2, -0.15) is 0 Å². The zero-order valence-corrected chi connectivity index (χ0v) is 45.3. The van der Waals surface area contributed by atoms with Gasteiger partial charge in [0.15, 0.2) is 0 Å². The first-order valence-corrected chi connectivity index (χ1v) is 28.1. The molecule has 0 spiro atoms. The lowest BCUT2D eigenvalue weighted by Gasteiger charge is -2.33. The minimum absolute atomic E-state index is 0.167. The standard InChI is InChI=1S/C72H56N2S2/c1-71(2,3)61-43-63(73(47-19-9-7-10-20-47)49-35-31-45(32-36-49)51-25-17-27-55-53-23-13-15-29-65(53)75-69(51)55)59-42-40-58-62(72(4,5)6)44-64(60-41-39-57(61)67(59)68(58)60)74(48-21-11-8-12-22-48)50-37-33-46(34-38-50)52-26-18-28-56-54-24-14-16-30-66(54)76-70(52)56/h7-44H,1-6H3. The molecule has 0 saturated carbocycles. The number of rotatable bonds is 8. The van der Waals surface area contributed by atoms with E-state index in [2.05, 4.69) is 282 Å². The smallest absolute Gasteiger partial charge is 0.0543 e. The Morgan fingerprint density at radius 3 is 1.03 bits per heavy atom. The monoisotopic (exact) mass is 1010 g/mol. The number of para-hydroxylation sites is 2. The molecule has 0 atom stereocenters. The molecule has 2 aromatic heterocycles. The van der Waals surface area contributed by atoms with E-state index in [9.17, 15) is 0 Å². The maximum absolute atomic E-state index is 2.49. The van der Waals surface area contributed by atoms with E-state index in [1.54, 1.807) is 0 Å². The molecule has 0 amide bonds. The normalized spacial score (nSPS) is 12.3. The van der Waals surface area contributed by atoms with Gasteiger partial charge in [0.05, 0.1) is 11.4 Å². The van der Waals surface area contributed by atoms with Crippen molar-refractivity contribution in [3.05, 3.63) is 242 Å². The molecule has 2 nitrogen and oxygen atoms in total. The van der Waals surface area contributed by atoms with Gasteiger partial charge in [-0.1, -0.05) is 199 Å². The molecule has 0 saturated heterocycles. The van der Waals surface area contributed by atoms with Gasteiger partial charge in [-0.3, -0.25) is 0 Å². The molecule has 4 heteroatoms. The van der Waals surface area contributed by atoms with Crippen LogP contribution in [-0.4, -0.2) is 0 Å². The van der Waals surface area contributed by atoms with Crippen molar-refractivity contribution in [2.24, 2.45) is 0 Å². The third-order valence-electron chi connectivity index (χ3n) is 15.7. The van der Waals surface area contributed by atoms with Crippen LogP contribution in [0.3, 0.4) is 0 Å². The molecule has 366 valence electrons. The van der Waals surface area contributed by atoms with Gasteiger partial charge in [-0.05, 0) is 139 Å². The molecule has 76 heavy (non-hydrogen) atoms. The number of anilines is 6. The average molecular weight is 1010 g/mol. The SMILES string of the molecule is CC(C)(C)c1cc(N(c2ccccc2)c2ccc(-c3cccc4c3sc3ccccc34)cc2)c2ccc3c(C(C)(C)C)cc(N(c4ccccc4)c4ccc(-c5cccc6c5sc5ccccc56)cc4)c4ccc1c2c43. The topological polar surface area (TPSA) is 6.48 Å². The fourth-order valence-corrected chi connectivity index (χ4v) is 14.6. The highest BCUT2D eigenvalue weighted by molar-refractivity contribution is 7.26. The number of hydrogen-bond acceptors (Lipinski definition) is 4. The van der Waals surface area contributed by atoms with Crippen LogP contribution in [0.25, 0.3) is 94.9 Å². The lowest BCUT2D eigenvalue weighted by molar-refractivity contribution is 0.595. The molecule has 0 aliphatic rings. The Bertz CT molecular complexity index is 4220. The minimum atomic E-state index is -0.167. The highest BCUT2D eigenvalue weighted by Gasteiger charge is 2.30. The Kier molecular flexibility index (Phi) is 10.8. The molecule has 12 aromatic carbocycles. The average Bonchev–Trinajstić information content (AvgIpc) is 4.17. The Morgan fingerprint density at radius 2 is 0.632 bits per heavy atom. The summed E-state index contributed by atoms with van der Waals surface area (Å²) in [6.07, 6.45) is 0. The van der Waals surface area contributed by atoms with Gasteiger partial charge in [-0.15, -0.1) is 22.7 Å². The van der Waals surface area contributed by atoms with Crippen molar-refractivity contribution in [2.75, 3.05) is 9.80 Å². The highest BCUT2D eigenvalue weighted by Crippen LogP contribution is 2.53. The van der Waals surface area contributed by atoms with Crippen molar-refractivity contribution < 1.29 is 0 Å². The van der Waals surface area contributed by atoms with Gasteiger partial charge in [0.2, 0.25) is 0 Å². The van der Waals surface area contributed by atoms with E-state index < -0.39 is 0 Å². The van der Waals surface area contributed by atoms with Gasteiger partial charge >= 0.3 is 0 Å². The first kappa shape index (κ1) is 46.3. The lowest BCUT2D eigenvalue weighted by atomic mass is 9.77. The largest absolute Gasteiger partial charge is 0.310 e. The quantitative estimate of drug-likeness (QED) is 0.140. The molecular formula is C72H56N2S2. The van der Waals surface area contributed by atoms with E-state index in [1.165, 1.54) is 117 Å². The Morgan fingerprint density at radius 1 is 0.289 bits per heavy atom. The van der Waals surface area contributed by atoms with Crippen LogP contribution in [0.15, 0.2) is 231 Å². The summed E-state index contributed by atoms with van der Waals surface area (Å²) >= 11 is 3.77. The second-order valence-electron chi connectivity index (χ2n) is 22.5. The molecule has 0 aliphatic carbocycles. The van der Waals surface area contributed by atoms with E-state index >= 15 is 0 Å². The number of nitrogens with zero attached hydrogens (tertiary/aromatic N) is 2. The molecule has 0 fully saturated rings. The van der Waals surface area contributed by atoms with E-state index in [0.717, 1.165) is 22.7 Å². The van der Waals surface area contributed by atoms with Crippen LogP contribution in [0.2, 0.25) is 0 Å². The van der Waals surface area contributed by atoms with Crippen molar-refractivity contribution in [3.8, 4) is 22.3 Å². The molecule has 0 bridgehead atoms. The molecule has 0 radical (unpaired) electrons. The number of hydrogen-bond donors (Lipinski definition) is 0. The zero-order valence-electron chi connectivity index (χ0n) is 43.7. The summed E-state index contributed by atoms with van der Waals surface area (Å²) in [6.45, 7) is 14.2. The first-order valence-electron chi connectivity index (χ1n) is 26.5. The van der Waals surface area contributed by atoms with E-state index in [0.29, 0.717) is 0 Å². The Labute approximate surface area is 452 Å². The fourth-order valence-electron chi connectivity index (χ4n) is 12.1. The third kappa shape index (κ3) is 7.49. The highest BCUT2D eigenvalue weighted by atomic mass is 32.1. The van der Waals surface area contributed by atoms with Crippen LogP contribution in [0.1, 0.15) is 52.7 Å².